The third kappa shape index (κ3) is 166. The molecule has 4 aromatic rings. The zero-order chi connectivity index (χ0) is 58.1. The van der Waals surface area contributed by atoms with E-state index in [1.54, 1.807) is 73.0 Å². The van der Waals surface area contributed by atoms with Gasteiger partial charge in [-0.25, -0.2) is 74.5 Å². The van der Waals surface area contributed by atoms with Crippen LogP contribution in [0.3, 0.4) is 0 Å². The summed E-state index contributed by atoms with van der Waals surface area (Å²) < 4.78 is 136. The Kier molecular flexibility index (Phi) is 118. The van der Waals surface area contributed by atoms with E-state index in [1.165, 1.54) is 27.7 Å². The number of hydrogen-bond acceptors (Lipinski definition) is 32. The van der Waals surface area contributed by atoms with Crippen molar-refractivity contribution in [2.75, 3.05) is 66.7 Å². The van der Waals surface area contributed by atoms with Gasteiger partial charge in [-0.2, -0.15) is 21.0 Å². The minimum Gasteiger partial charge on any atom is -0.870 e. The van der Waals surface area contributed by atoms with Gasteiger partial charge in [0.15, 0.2) is 0 Å². The average molecular weight is 1400 g/mol. The van der Waals surface area contributed by atoms with Gasteiger partial charge in [0, 0.05) is 52.5 Å². The van der Waals surface area contributed by atoms with E-state index in [2.05, 4.69) is 19.9 Å². The molecule has 0 amide bonds. The summed E-state index contributed by atoms with van der Waals surface area (Å²) in [6, 6.07) is 30.2. The standard InChI is InChI=1S/2C10H8N2.2C5H11NO2.4C2H3N.4ClHO4.4Co.3H2O/c2*1-3-7-11-9(5-1)10-6-2-4-8-12-10;2*1-6(2-4-7)3-5-8;4*1-2-3;4*2-1(3,4)5;;;;;;;/h2*1-8H;2*2-5H2,1H3;4*1H3;4*(H,2,3,4,5);;;;;3*1H2/q;;2*-2;;;;;;;;;+2;3*+3;;;/p-6. The maximum atomic E-state index is 9.87. The van der Waals surface area contributed by atoms with Crippen molar-refractivity contribution in [2.45, 2.75) is 27.7 Å². The van der Waals surface area contributed by atoms with Crippen LogP contribution in [0.2, 0.25) is 0 Å². The van der Waals surface area contributed by atoms with Crippen LogP contribution in [-0.2, 0) is 67.1 Å². The molecule has 4 aromatic heterocycles. The molecule has 457 valence electrons. The Balaban J connectivity index is -0.0000000446. The smallest absolute Gasteiger partial charge is 0.870 e. The minimum absolute atomic E-state index is 0. The molecule has 1 radical (unpaired) electrons. The van der Waals surface area contributed by atoms with Gasteiger partial charge < -0.3 is 46.7 Å². The first-order valence-electron chi connectivity index (χ1n) is 18.3. The van der Waals surface area contributed by atoms with E-state index in [0.29, 0.717) is 26.2 Å². The van der Waals surface area contributed by atoms with Crippen molar-refractivity contribution in [2.24, 2.45) is 0 Å². The molecule has 0 saturated heterocycles. The fourth-order valence-electron chi connectivity index (χ4n) is 2.90. The molecule has 4 N–H and O–H groups in total. The molecule has 33 nitrogen and oxygen atoms in total. The molecule has 0 aliphatic heterocycles. The van der Waals surface area contributed by atoms with E-state index in [1.807, 2.05) is 72.8 Å². The number of aromatic nitrogens is 4. The summed E-state index contributed by atoms with van der Waals surface area (Å²) >= 11 is 0. The monoisotopic (exact) mass is 1390 g/mol. The molecule has 0 aliphatic rings. The number of nitriles is 4. The van der Waals surface area contributed by atoms with E-state index in [0.717, 1.165) is 22.8 Å². The van der Waals surface area contributed by atoms with E-state index in [4.69, 9.17) is 95.6 Å². The molecule has 4 heterocycles. The van der Waals surface area contributed by atoms with Gasteiger partial charge in [-0.3, -0.25) is 19.9 Å². The minimum atomic E-state index is -4.94. The third-order valence-corrected chi connectivity index (χ3v) is 5.08. The maximum Gasteiger partial charge on any atom is 3.00 e. The van der Waals surface area contributed by atoms with Crippen molar-refractivity contribution in [3.8, 4) is 47.1 Å². The van der Waals surface area contributed by atoms with E-state index < -0.39 is 41.0 Å². The number of likely N-dealkylation sites (N-methyl/N-ethyl adjacent to an activating group) is 2. The van der Waals surface area contributed by atoms with Crippen LogP contribution in [0.25, 0.3) is 22.8 Å². The van der Waals surface area contributed by atoms with Crippen molar-refractivity contribution >= 4 is 0 Å². The summed E-state index contributed by atoms with van der Waals surface area (Å²) in [5, 5.41) is 68.8. The van der Waals surface area contributed by atoms with Crippen LogP contribution in [0.15, 0.2) is 97.6 Å². The molecule has 41 heteroatoms. The molecule has 0 unspecified atom stereocenters. The number of rotatable bonds is 10. The van der Waals surface area contributed by atoms with Crippen molar-refractivity contribution in [3.63, 3.8) is 0 Å². The summed E-state index contributed by atoms with van der Waals surface area (Å²) in [5.74, 6) is 0. The molecule has 0 aromatic carbocycles. The van der Waals surface area contributed by atoms with Gasteiger partial charge in [-0.05, 0) is 88.8 Å². The summed E-state index contributed by atoms with van der Waals surface area (Å²) in [6.07, 6.45) is 7.07. The molecule has 0 bridgehead atoms. The number of pyridine rings is 4. The van der Waals surface area contributed by atoms with Crippen molar-refractivity contribution in [1.82, 2.24) is 29.7 Å². The molecule has 79 heavy (non-hydrogen) atoms. The Labute approximate surface area is 506 Å². The second kappa shape index (κ2) is 81.2. The fraction of sp³-hybridized carbons (Fsp3) is 0.368. The first-order valence-corrected chi connectivity index (χ1v) is 23.2. The third-order valence-electron chi connectivity index (χ3n) is 5.08. The average Bonchev–Trinajstić information content (AvgIpc) is 3.25. The molecule has 0 aliphatic carbocycles. The van der Waals surface area contributed by atoms with Gasteiger partial charge in [0.25, 0.3) is 0 Å². The van der Waals surface area contributed by atoms with Crippen LogP contribution in [0.4, 0.5) is 0 Å². The second-order valence-electron chi connectivity index (χ2n) is 10.7. The molecule has 0 spiro atoms. The predicted octanol–water partition coefficient (Wildman–Crippen LogP) is -18.5. The Morgan fingerprint density at radius 2 is 0.481 bits per heavy atom. The number of halogens is 4. The summed E-state index contributed by atoms with van der Waals surface area (Å²) in [5.41, 5.74) is 3.66. The second-order valence-corrected chi connectivity index (χ2v) is 13.7. The quantitative estimate of drug-likeness (QED) is 0.142. The first-order chi connectivity index (χ1) is 33.2. The van der Waals surface area contributed by atoms with Crippen LogP contribution < -0.4 is 95.0 Å². The van der Waals surface area contributed by atoms with Gasteiger partial charge >= 0.3 is 67.1 Å². The predicted molar refractivity (Wildman–Crippen MR) is 202 cm³/mol. The van der Waals surface area contributed by atoms with Gasteiger partial charge in [-0.15, -0.1) is 67.4 Å². The topological polar surface area (TPSA) is 706 Å². The van der Waals surface area contributed by atoms with Crippen LogP contribution in [0.5, 0.6) is 0 Å². The summed E-state index contributed by atoms with van der Waals surface area (Å²) in [6.45, 7) is 7.22. The van der Waals surface area contributed by atoms with Crippen LogP contribution in [0, 0.1) is 86.3 Å². The Morgan fingerprint density at radius 3 is 0.557 bits per heavy atom. The zero-order valence-electron chi connectivity index (χ0n) is 41.8. The maximum absolute atomic E-state index is 9.87. The molecular weight excluding hydrogens is 1340 g/mol. The van der Waals surface area contributed by atoms with Crippen LogP contribution in [-0.4, -0.2) is 113 Å². The number of nitrogens with zero attached hydrogens (tertiary/aromatic N) is 10. The molecule has 0 fully saturated rings. The summed E-state index contributed by atoms with van der Waals surface area (Å²) in [7, 11) is -16.2. The largest absolute Gasteiger partial charge is 3.00 e. The van der Waals surface area contributed by atoms with Crippen molar-refractivity contribution in [3.05, 3.63) is 97.6 Å². The normalized spacial score (nSPS) is 8.51. The Hall–Kier alpha value is -3.25. The molecule has 4 rings (SSSR count). The Bertz CT molecular complexity index is 1600. The van der Waals surface area contributed by atoms with E-state index in [-0.39, 0.29) is 110 Å². The van der Waals surface area contributed by atoms with Crippen LogP contribution in [0.1, 0.15) is 27.7 Å². The molecular formula is C38H54Cl4Co4N10O23+. The van der Waals surface area contributed by atoms with Crippen LogP contribution >= 0.6 is 0 Å². The summed E-state index contributed by atoms with van der Waals surface area (Å²) in [4.78, 5) is 20.2. The molecule has 0 atom stereocenters. The Morgan fingerprint density at radius 1 is 0.367 bits per heavy atom. The van der Waals surface area contributed by atoms with Crippen molar-refractivity contribution < 1.29 is 219 Å². The van der Waals surface area contributed by atoms with E-state index in [9.17, 15) is 20.4 Å². The van der Waals surface area contributed by atoms with Gasteiger partial charge in [0.05, 0.1) is 47.1 Å². The fourth-order valence-corrected chi connectivity index (χ4v) is 2.90. The van der Waals surface area contributed by atoms with Crippen molar-refractivity contribution in [1.29, 1.82) is 21.0 Å². The van der Waals surface area contributed by atoms with E-state index >= 15 is 0 Å². The number of hydrogen-bond donors (Lipinski definition) is 0. The zero-order valence-corrected chi connectivity index (χ0v) is 49.0. The molecule has 0 saturated carbocycles. The van der Waals surface area contributed by atoms with Gasteiger partial charge in [0.2, 0.25) is 0 Å². The SMILES string of the molecule is CC#N.CC#N.CC#N.CC#N.CN(CC[O-])CC[O-].CN(CC[O-])CC[O-].O.[Co+2].[Co+3].[Co+3].[Co+3].[O-][Cl+3]([O-])([O-])[O-].[O-][Cl+3]([O-])([O-])[O-].[O-][Cl+3]([O-])([O-])[O-].[O-][Cl+3]([O-])([O-])[O-].[OH-].[OH-].c1ccc(-c2ccccn2)nc1.c1ccc(-c2ccccn2)nc1. The first kappa shape index (κ1) is 115. The van der Waals surface area contributed by atoms with Gasteiger partial charge in [0.1, 0.15) is 0 Å². The van der Waals surface area contributed by atoms with Gasteiger partial charge in [-0.1, -0.05) is 24.3 Å².